The molecule has 1 aromatic carbocycles. The Balaban J connectivity index is 2.18. The Hall–Kier alpha value is -1.22. The van der Waals surface area contributed by atoms with E-state index in [-0.39, 0.29) is 5.97 Å². The van der Waals surface area contributed by atoms with Crippen molar-refractivity contribution in [1.29, 1.82) is 0 Å². The van der Waals surface area contributed by atoms with Gasteiger partial charge in [0.25, 0.3) is 0 Å². The Labute approximate surface area is 93.3 Å². The van der Waals surface area contributed by atoms with Crippen LogP contribution in [-0.4, -0.2) is 12.6 Å². The van der Waals surface area contributed by atoms with E-state index >= 15 is 0 Å². The van der Waals surface area contributed by atoms with Crippen LogP contribution in [0.5, 0.6) is 0 Å². The normalized spacial score (nSPS) is 16.5. The van der Waals surface area contributed by atoms with Gasteiger partial charge in [-0.3, -0.25) is 0 Å². The first-order valence-electron chi connectivity index (χ1n) is 4.87. The zero-order chi connectivity index (χ0) is 10.7. The van der Waals surface area contributed by atoms with Crippen molar-refractivity contribution in [2.45, 2.75) is 18.2 Å². The minimum atomic E-state index is -0.181. The molecular formula is C12H12O2S. The summed E-state index contributed by atoms with van der Waals surface area (Å²) in [6, 6.07) is 10.1. The fourth-order valence-corrected chi connectivity index (χ4v) is 2.40. The average molecular weight is 220 g/mol. The van der Waals surface area contributed by atoms with Gasteiger partial charge < -0.3 is 4.74 Å². The molecule has 3 heteroatoms. The van der Waals surface area contributed by atoms with Crippen LogP contribution in [0.2, 0.25) is 0 Å². The van der Waals surface area contributed by atoms with E-state index in [1.165, 1.54) is 4.90 Å². The van der Waals surface area contributed by atoms with Crippen molar-refractivity contribution in [1.82, 2.24) is 0 Å². The summed E-state index contributed by atoms with van der Waals surface area (Å²) in [7, 11) is 0. The molecule has 0 atom stereocenters. The number of carbonyl (C=O) groups excluding carboxylic acids is 1. The summed E-state index contributed by atoms with van der Waals surface area (Å²) in [5, 5.41) is 0. The topological polar surface area (TPSA) is 26.3 Å². The van der Waals surface area contributed by atoms with Gasteiger partial charge in [0.05, 0.1) is 6.61 Å². The average Bonchev–Trinajstić information content (AvgIpc) is 2.26. The molecule has 2 rings (SSSR count). The van der Waals surface area contributed by atoms with Crippen LogP contribution in [0.25, 0.3) is 0 Å². The second kappa shape index (κ2) is 4.53. The number of carbonyl (C=O) groups is 1. The first-order chi connectivity index (χ1) is 7.27. The van der Waals surface area contributed by atoms with E-state index in [4.69, 9.17) is 4.74 Å². The van der Waals surface area contributed by atoms with Crippen molar-refractivity contribution in [3.8, 4) is 0 Å². The predicted octanol–water partition coefficient (Wildman–Crippen LogP) is 3.00. The molecule has 78 valence electrons. The van der Waals surface area contributed by atoms with Gasteiger partial charge in [0, 0.05) is 21.8 Å². The van der Waals surface area contributed by atoms with E-state index in [0.717, 1.165) is 16.9 Å². The van der Waals surface area contributed by atoms with E-state index < -0.39 is 0 Å². The van der Waals surface area contributed by atoms with Crippen LogP contribution in [0, 0.1) is 0 Å². The van der Waals surface area contributed by atoms with Crippen LogP contribution < -0.4 is 0 Å². The Morgan fingerprint density at radius 1 is 1.27 bits per heavy atom. The minimum absolute atomic E-state index is 0.181. The molecule has 0 saturated heterocycles. The fraction of sp³-hybridized carbons (Fsp3) is 0.250. The van der Waals surface area contributed by atoms with Gasteiger partial charge >= 0.3 is 5.97 Å². The van der Waals surface area contributed by atoms with Gasteiger partial charge in [-0.1, -0.05) is 30.0 Å². The number of benzene rings is 1. The molecule has 0 bridgehead atoms. The van der Waals surface area contributed by atoms with Crippen LogP contribution in [0.3, 0.4) is 0 Å². The molecule has 0 aromatic heterocycles. The summed E-state index contributed by atoms with van der Waals surface area (Å²) in [6.45, 7) is 2.33. The summed E-state index contributed by atoms with van der Waals surface area (Å²) in [5.41, 5.74) is 0.745. The standard InChI is InChI=1S/C12H12O2S/c1-9-11(7-8-14-12(9)13)15-10-5-3-2-4-6-10/h2-6H,7-8H2,1H3. The van der Waals surface area contributed by atoms with Gasteiger partial charge in [0.2, 0.25) is 0 Å². The number of ether oxygens (including phenoxy) is 1. The monoisotopic (exact) mass is 220 g/mol. The third-order valence-corrected chi connectivity index (χ3v) is 3.54. The largest absolute Gasteiger partial charge is 0.462 e. The van der Waals surface area contributed by atoms with Gasteiger partial charge in [-0.05, 0) is 19.1 Å². The van der Waals surface area contributed by atoms with Gasteiger partial charge in [-0.15, -0.1) is 0 Å². The molecule has 1 aliphatic heterocycles. The van der Waals surface area contributed by atoms with Crippen LogP contribution in [0.4, 0.5) is 0 Å². The van der Waals surface area contributed by atoms with Gasteiger partial charge in [-0.25, -0.2) is 4.79 Å². The molecule has 15 heavy (non-hydrogen) atoms. The SMILES string of the molecule is CC1=C(Sc2ccccc2)CCOC1=O. The van der Waals surface area contributed by atoms with Gasteiger partial charge in [0.15, 0.2) is 0 Å². The maximum Gasteiger partial charge on any atom is 0.334 e. The van der Waals surface area contributed by atoms with Crippen molar-refractivity contribution in [2.75, 3.05) is 6.61 Å². The molecule has 0 N–H and O–H groups in total. The lowest BCUT2D eigenvalue weighted by Gasteiger charge is -2.16. The summed E-state index contributed by atoms with van der Waals surface area (Å²) >= 11 is 1.66. The van der Waals surface area contributed by atoms with Crippen LogP contribution >= 0.6 is 11.8 Å². The van der Waals surface area contributed by atoms with Crippen molar-refractivity contribution >= 4 is 17.7 Å². The quantitative estimate of drug-likeness (QED) is 0.717. The number of cyclic esters (lactones) is 1. The summed E-state index contributed by atoms with van der Waals surface area (Å²) in [5.74, 6) is -0.181. The zero-order valence-corrected chi connectivity index (χ0v) is 9.34. The first kappa shape index (κ1) is 10.3. The van der Waals surface area contributed by atoms with E-state index in [9.17, 15) is 4.79 Å². The lowest BCUT2D eigenvalue weighted by molar-refractivity contribution is -0.139. The van der Waals surface area contributed by atoms with E-state index in [1.54, 1.807) is 11.8 Å². The molecule has 1 heterocycles. The second-order valence-corrected chi connectivity index (χ2v) is 4.52. The maximum atomic E-state index is 11.3. The van der Waals surface area contributed by atoms with Crippen molar-refractivity contribution in [3.63, 3.8) is 0 Å². The molecule has 0 radical (unpaired) electrons. The number of hydrogen-bond donors (Lipinski definition) is 0. The van der Waals surface area contributed by atoms with Crippen molar-refractivity contribution in [2.24, 2.45) is 0 Å². The lowest BCUT2D eigenvalue weighted by atomic mass is 10.2. The predicted molar refractivity (Wildman–Crippen MR) is 60.6 cm³/mol. The highest BCUT2D eigenvalue weighted by atomic mass is 32.2. The summed E-state index contributed by atoms with van der Waals surface area (Å²) in [4.78, 5) is 13.6. The molecule has 2 nitrogen and oxygen atoms in total. The molecule has 0 fully saturated rings. The summed E-state index contributed by atoms with van der Waals surface area (Å²) in [6.07, 6.45) is 0.830. The highest BCUT2D eigenvalue weighted by molar-refractivity contribution is 8.03. The molecule has 0 aliphatic carbocycles. The van der Waals surface area contributed by atoms with Crippen molar-refractivity contribution in [3.05, 3.63) is 40.8 Å². The minimum Gasteiger partial charge on any atom is -0.462 e. The zero-order valence-electron chi connectivity index (χ0n) is 8.53. The highest BCUT2D eigenvalue weighted by Crippen LogP contribution is 2.33. The number of esters is 1. The van der Waals surface area contributed by atoms with E-state index in [0.29, 0.717) is 6.61 Å². The Morgan fingerprint density at radius 2 is 2.00 bits per heavy atom. The Kier molecular flexibility index (Phi) is 3.11. The van der Waals surface area contributed by atoms with E-state index in [1.807, 2.05) is 37.3 Å². The van der Waals surface area contributed by atoms with E-state index in [2.05, 4.69) is 0 Å². The first-order valence-corrected chi connectivity index (χ1v) is 5.69. The Morgan fingerprint density at radius 3 is 2.73 bits per heavy atom. The van der Waals surface area contributed by atoms with Crippen LogP contribution in [0.15, 0.2) is 45.7 Å². The number of rotatable bonds is 2. The molecule has 1 aromatic rings. The third-order valence-electron chi connectivity index (χ3n) is 2.27. The molecule has 0 saturated carbocycles. The maximum absolute atomic E-state index is 11.3. The second-order valence-electron chi connectivity index (χ2n) is 3.35. The molecule has 1 aliphatic rings. The lowest BCUT2D eigenvalue weighted by Crippen LogP contribution is -2.14. The number of hydrogen-bond acceptors (Lipinski definition) is 3. The van der Waals surface area contributed by atoms with Crippen LogP contribution in [-0.2, 0) is 9.53 Å². The van der Waals surface area contributed by atoms with Crippen molar-refractivity contribution < 1.29 is 9.53 Å². The molecule has 0 unspecified atom stereocenters. The highest BCUT2D eigenvalue weighted by Gasteiger charge is 2.18. The number of thioether (sulfide) groups is 1. The molecule has 0 spiro atoms. The van der Waals surface area contributed by atoms with Gasteiger partial charge in [0.1, 0.15) is 0 Å². The summed E-state index contributed by atoms with van der Waals surface area (Å²) < 4.78 is 4.95. The fourth-order valence-electron chi connectivity index (χ4n) is 1.40. The third kappa shape index (κ3) is 2.42. The van der Waals surface area contributed by atoms with Crippen LogP contribution in [0.1, 0.15) is 13.3 Å². The Bertz CT molecular complexity index is 395. The molecular weight excluding hydrogens is 208 g/mol. The smallest absolute Gasteiger partial charge is 0.334 e. The van der Waals surface area contributed by atoms with Gasteiger partial charge in [-0.2, -0.15) is 0 Å². The molecule has 0 amide bonds.